The quantitative estimate of drug-likeness (QED) is 0.634. The van der Waals surface area contributed by atoms with E-state index in [1.165, 1.54) is 0 Å². The molecular formula is C11H5Br2ClN4. The molecule has 0 amide bonds. The first kappa shape index (κ1) is 12.1. The highest BCUT2D eigenvalue weighted by Gasteiger charge is 2.13. The summed E-state index contributed by atoms with van der Waals surface area (Å²) in [6, 6.07) is 5.84. The second kappa shape index (κ2) is 4.60. The standard InChI is InChI=1S/C11H5Br2ClN4/c12-6-1-2-7(8(13)3-6)11-17-16-10-5-15-4-9(14)18(10)11/h1-5H. The first-order valence-electron chi connectivity index (χ1n) is 4.97. The lowest BCUT2D eigenvalue weighted by atomic mass is 10.2. The molecule has 0 N–H and O–H groups in total. The maximum Gasteiger partial charge on any atom is 0.180 e. The molecule has 3 rings (SSSR count). The number of hydrogen-bond donors (Lipinski definition) is 0. The fraction of sp³-hybridized carbons (Fsp3) is 0. The van der Waals surface area contributed by atoms with Crippen LogP contribution in [0.2, 0.25) is 5.15 Å². The van der Waals surface area contributed by atoms with Crippen LogP contribution in [0.25, 0.3) is 17.0 Å². The lowest BCUT2D eigenvalue weighted by Crippen LogP contribution is -1.93. The zero-order valence-electron chi connectivity index (χ0n) is 8.81. The molecule has 3 aromatic rings. The molecule has 0 atom stereocenters. The summed E-state index contributed by atoms with van der Waals surface area (Å²) in [5, 5.41) is 8.69. The number of hydrogen-bond acceptors (Lipinski definition) is 3. The molecule has 0 aliphatic rings. The van der Waals surface area contributed by atoms with Crippen molar-refractivity contribution in [3.05, 3.63) is 44.7 Å². The Morgan fingerprint density at radius 1 is 1.11 bits per heavy atom. The third-order valence-corrected chi connectivity index (χ3v) is 3.86. The van der Waals surface area contributed by atoms with E-state index in [1.807, 2.05) is 18.2 Å². The van der Waals surface area contributed by atoms with Gasteiger partial charge in [-0.3, -0.25) is 9.38 Å². The molecule has 18 heavy (non-hydrogen) atoms. The highest BCUT2D eigenvalue weighted by Crippen LogP contribution is 2.30. The van der Waals surface area contributed by atoms with Gasteiger partial charge in [0.25, 0.3) is 0 Å². The summed E-state index contributed by atoms with van der Waals surface area (Å²) in [5.41, 5.74) is 1.53. The van der Waals surface area contributed by atoms with Gasteiger partial charge in [0.05, 0.1) is 12.4 Å². The zero-order valence-corrected chi connectivity index (χ0v) is 12.7. The fourth-order valence-electron chi connectivity index (χ4n) is 1.66. The van der Waals surface area contributed by atoms with E-state index in [2.05, 4.69) is 47.0 Å². The van der Waals surface area contributed by atoms with Crippen molar-refractivity contribution in [3.8, 4) is 11.4 Å². The molecule has 2 aromatic heterocycles. The number of aromatic nitrogens is 4. The predicted molar refractivity (Wildman–Crippen MR) is 76.6 cm³/mol. The van der Waals surface area contributed by atoms with Crippen molar-refractivity contribution in [1.29, 1.82) is 0 Å². The molecule has 0 saturated heterocycles. The van der Waals surface area contributed by atoms with Crippen LogP contribution >= 0.6 is 43.5 Å². The largest absolute Gasteiger partial charge is 0.262 e. The summed E-state index contributed by atoms with van der Waals surface area (Å²) < 4.78 is 3.65. The van der Waals surface area contributed by atoms with Crippen LogP contribution in [0, 0.1) is 0 Å². The van der Waals surface area contributed by atoms with Gasteiger partial charge in [-0.2, -0.15) is 0 Å². The maximum absolute atomic E-state index is 6.13. The lowest BCUT2D eigenvalue weighted by Gasteiger charge is -2.04. The van der Waals surface area contributed by atoms with E-state index in [0.717, 1.165) is 14.5 Å². The van der Waals surface area contributed by atoms with Crippen molar-refractivity contribution >= 4 is 49.1 Å². The SMILES string of the molecule is Clc1cncc2nnc(-c3ccc(Br)cc3Br)n12. The molecule has 0 bridgehead atoms. The second-order valence-electron chi connectivity index (χ2n) is 3.57. The van der Waals surface area contributed by atoms with E-state index in [1.54, 1.807) is 16.8 Å². The summed E-state index contributed by atoms with van der Waals surface area (Å²) >= 11 is 13.1. The van der Waals surface area contributed by atoms with Crippen molar-refractivity contribution in [2.24, 2.45) is 0 Å². The minimum Gasteiger partial charge on any atom is -0.262 e. The van der Waals surface area contributed by atoms with Gasteiger partial charge in [-0.15, -0.1) is 10.2 Å². The monoisotopic (exact) mass is 386 g/mol. The molecule has 7 heteroatoms. The molecule has 4 nitrogen and oxygen atoms in total. The van der Waals surface area contributed by atoms with Gasteiger partial charge in [-0.1, -0.05) is 27.5 Å². The van der Waals surface area contributed by atoms with Gasteiger partial charge >= 0.3 is 0 Å². The molecule has 0 fully saturated rings. The molecular weight excluding hydrogens is 383 g/mol. The van der Waals surface area contributed by atoms with E-state index in [4.69, 9.17) is 11.6 Å². The van der Waals surface area contributed by atoms with E-state index in [0.29, 0.717) is 16.6 Å². The summed E-state index contributed by atoms with van der Waals surface area (Å²) in [4.78, 5) is 3.98. The average Bonchev–Trinajstić information content (AvgIpc) is 2.74. The van der Waals surface area contributed by atoms with Crippen LogP contribution in [0.3, 0.4) is 0 Å². The van der Waals surface area contributed by atoms with Crippen LogP contribution in [0.4, 0.5) is 0 Å². The van der Waals surface area contributed by atoms with E-state index >= 15 is 0 Å². The van der Waals surface area contributed by atoms with Gasteiger partial charge in [0.2, 0.25) is 0 Å². The van der Waals surface area contributed by atoms with Gasteiger partial charge < -0.3 is 0 Å². The number of rotatable bonds is 1. The summed E-state index contributed by atoms with van der Waals surface area (Å²) in [6.45, 7) is 0. The Balaban J connectivity index is 2.32. The Kier molecular flexibility index (Phi) is 3.09. The normalized spacial score (nSPS) is 11.1. The Labute approximate surface area is 124 Å². The molecule has 0 saturated carbocycles. The third kappa shape index (κ3) is 1.94. The van der Waals surface area contributed by atoms with Crippen LogP contribution in [-0.2, 0) is 0 Å². The number of halogens is 3. The van der Waals surface area contributed by atoms with E-state index in [-0.39, 0.29) is 0 Å². The fourth-order valence-corrected chi connectivity index (χ4v) is 3.11. The lowest BCUT2D eigenvalue weighted by molar-refractivity contribution is 1.11. The summed E-state index contributed by atoms with van der Waals surface area (Å²) in [6.07, 6.45) is 3.18. The van der Waals surface area contributed by atoms with Crippen LogP contribution in [0.1, 0.15) is 0 Å². The highest BCUT2D eigenvalue weighted by atomic mass is 79.9. The van der Waals surface area contributed by atoms with Crippen molar-refractivity contribution < 1.29 is 0 Å². The first-order valence-corrected chi connectivity index (χ1v) is 6.93. The molecule has 0 aliphatic carbocycles. The van der Waals surface area contributed by atoms with Gasteiger partial charge in [0.15, 0.2) is 11.5 Å². The van der Waals surface area contributed by atoms with Crippen LogP contribution in [0.5, 0.6) is 0 Å². The first-order chi connectivity index (χ1) is 8.66. The van der Waals surface area contributed by atoms with Crippen molar-refractivity contribution in [3.63, 3.8) is 0 Å². The minimum absolute atomic E-state index is 0.474. The average molecular weight is 388 g/mol. The third-order valence-electron chi connectivity index (χ3n) is 2.44. The number of fused-ring (bicyclic) bond motifs is 1. The zero-order chi connectivity index (χ0) is 12.7. The van der Waals surface area contributed by atoms with Crippen molar-refractivity contribution in [1.82, 2.24) is 19.6 Å². The molecule has 2 heterocycles. The second-order valence-corrected chi connectivity index (χ2v) is 5.73. The Bertz CT molecular complexity index is 741. The van der Waals surface area contributed by atoms with Crippen molar-refractivity contribution in [2.75, 3.05) is 0 Å². The Morgan fingerprint density at radius 3 is 2.72 bits per heavy atom. The number of benzene rings is 1. The summed E-state index contributed by atoms with van der Waals surface area (Å²) in [5.74, 6) is 0.678. The van der Waals surface area contributed by atoms with E-state index in [9.17, 15) is 0 Å². The predicted octanol–water partition coefficient (Wildman–Crippen LogP) is 3.97. The Morgan fingerprint density at radius 2 is 1.94 bits per heavy atom. The number of nitrogens with zero attached hydrogens (tertiary/aromatic N) is 4. The molecule has 0 unspecified atom stereocenters. The Hall–Kier alpha value is -0.980. The van der Waals surface area contributed by atoms with Gasteiger partial charge in [0.1, 0.15) is 5.15 Å². The molecule has 90 valence electrons. The molecule has 0 aliphatic heterocycles. The minimum atomic E-state index is 0.474. The van der Waals surface area contributed by atoms with Gasteiger partial charge in [-0.25, -0.2) is 0 Å². The molecule has 1 aromatic carbocycles. The highest BCUT2D eigenvalue weighted by molar-refractivity contribution is 9.11. The summed E-state index contributed by atoms with van der Waals surface area (Å²) in [7, 11) is 0. The van der Waals surface area contributed by atoms with Crippen LogP contribution in [-0.4, -0.2) is 19.6 Å². The molecule has 0 spiro atoms. The molecule has 0 radical (unpaired) electrons. The van der Waals surface area contributed by atoms with Crippen molar-refractivity contribution in [2.45, 2.75) is 0 Å². The van der Waals surface area contributed by atoms with E-state index < -0.39 is 0 Å². The smallest absolute Gasteiger partial charge is 0.180 e. The van der Waals surface area contributed by atoms with Gasteiger partial charge in [0, 0.05) is 14.5 Å². The maximum atomic E-state index is 6.13. The topological polar surface area (TPSA) is 43.1 Å². The van der Waals surface area contributed by atoms with Crippen LogP contribution < -0.4 is 0 Å². The van der Waals surface area contributed by atoms with Crippen LogP contribution in [0.15, 0.2) is 39.5 Å². The van der Waals surface area contributed by atoms with Gasteiger partial charge in [-0.05, 0) is 34.1 Å².